The van der Waals surface area contributed by atoms with Gasteiger partial charge in [0.15, 0.2) is 0 Å². The second kappa shape index (κ2) is 4.00. The summed E-state index contributed by atoms with van der Waals surface area (Å²) in [6.45, 7) is 1.86. The standard InChI is InChI=1S/C12H13FN2O2/c13-9-2-1-8-6-14-4-3-10-7-17-12(16)15(10)11(8)5-9/h1-2,5,10,14H,3-4,6-7H2/t10-/m0/s1. The smallest absolute Gasteiger partial charge is 0.414 e. The summed E-state index contributed by atoms with van der Waals surface area (Å²) in [5.41, 5.74) is 1.56. The molecule has 1 amide bonds. The van der Waals surface area contributed by atoms with Crippen molar-refractivity contribution in [1.82, 2.24) is 5.32 Å². The molecule has 2 heterocycles. The maximum absolute atomic E-state index is 13.3. The summed E-state index contributed by atoms with van der Waals surface area (Å²) >= 11 is 0. The number of fused-ring (bicyclic) bond motifs is 3. The quantitative estimate of drug-likeness (QED) is 0.744. The van der Waals surface area contributed by atoms with E-state index in [0.29, 0.717) is 18.8 Å². The van der Waals surface area contributed by atoms with Crippen molar-refractivity contribution in [3.8, 4) is 0 Å². The number of cyclic esters (lactones) is 1. The molecule has 0 aliphatic carbocycles. The van der Waals surface area contributed by atoms with E-state index in [1.165, 1.54) is 12.1 Å². The third-order valence-electron chi connectivity index (χ3n) is 3.24. The van der Waals surface area contributed by atoms with E-state index in [0.717, 1.165) is 18.5 Å². The van der Waals surface area contributed by atoms with Crippen LogP contribution in [0, 0.1) is 5.82 Å². The normalized spacial score (nSPS) is 23.5. The van der Waals surface area contributed by atoms with Gasteiger partial charge in [-0.05, 0) is 30.7 Å². The molecule has 0 unspecified atom stereocenters. The summed E-state index contributed by atoms with van der Waals surface area (Å²) in [6, 6.07) is 4.54. The molecule has 0 radical (unpaired) electrons. The van der Waals surface area contributed by atoms with E-state index in [1.807, 2.05) is 0 Å². The van der Waals surface area contributed by atoms with Gasteiger partial charge in [-0.2, -0.15) is 0 Å². The first-order chi connectivity index (χ1) is 8.25. The monoisotopic (exact) mass is 236 g/mol. The summed E-state index contributed by atoms with van der Waals surface area (Å²) < 4.78 is 18.4. The molecule has 1 N–H and O–H groups in total. The van der Waals surface area contributed by atoms with Crippen molar-refractivity contribution in [3.63, 3.8) is 0 Å². The van der Waals surface area contributed by atoms with Gasteiger partial charge < -0.3 is 10.1 Å². The van der Waals surface area contributed by atoms with E-state index < -0.39 is 0 Å². The molecule has 90 valence electrons. The molecular weight excluding hydrogens is 223 g/mol. The zero-order valence-electron chi connectivity index (χ0n) is 9.28. The van der Waals surface area contributed by atoms with Crippen LogP contribution in [0.4, 0.5) is 14.9 Å². The lowest BCUT2D eigenvalue weighted by molar-refractivity contribution is 0.178. The van der Waals surface area contributed by atoms with Crippen LogP contribution in [-0.4, -0.2) is 25.3 Å². The Labute approximate surface area is 98.4 Å². The number of rotatable bonds is 0. The van der Waals surface area contributed by atoms with Crippen LogP contribution >= 0.6 is 0 Å². The Hall–Kier alpha value is -1.62. The molecule has 2 aliphatic rings. The Balaban J connectivity index is 2.09. The minimum Gasteiger partial charge on any atom is -0.447 e. The Morgan fingerprint density at radius 3 is 3.24 bits per heavy atom. The molecule has 0 spiro atoms. The van der Waals surface area contributed by atoms with Crippen LogP contribution in [0.15, 0.2) is 18.2 Å². The highest BCUT2D eigenvalue weighted by Gasteiger charge is 2.35. The maximum atomic E-state index is 13.3. The fourth-order valence-electron chi connectivity index (χ4n) is 2.37. The second-order valence-corrected chi connectivity index (χ2v) is 4.34. The first kappa shape index (κ1) is 10.5. The maximum Gasteiger partial charge on any atom is 0.414 e. The molecular formula is C12H13FN2O2. The van der Waals surface area contributed by atoms with Gasteiger partial charge in [-0.15, -0.1) is 0 Å². The van der Waals surface area contributed by atoms with Crippen molar-refractivity contribution >= 4 is 11.8 Å². The molecule has 4 nitrogen and oxygen atoms in total. The van der Waals surface area contributed by atoms with E-state index in [4.69, 9.17) is 4.74 Å². The van der Waals surface area contributed by atoms with Crippen molar-refractivity contribution in [2.45, 2.75) is 19.0 Å². The van der Waals surface area contributed by atoms with Crippen molar-refractivity contribution in [2.75, 3.05) is 18.1 Å². The van der Waals surface area contributed by atoms with Gasteiger partial charge in [0.2, 0.25) is 0 Å². The summed E-state index contributed by atoms with van der Waals surface area (Å²) in [5.74, 6) is -0.331. The first-order valence-electron chi connectivity index (χ1n) is 5.71. The number of carbonyl (C=O) groups excluding carboxylic acids is 1. The van der Waals surface area contributed by atoms with Gasteiger partial charge in [0.1, 0.15) is 12.4 Å². The number of hydrogen-bond donors (Lipinski definition) is 1. The molecule has 17 heavy (non-hydrogen) atoms. The van der Waals surface area contributed by atoms with Crippen LogP contribution in [0.5, 0.6) is 0 Å². The van der Waals surface area contributed by atoms with Crippen molar-refractivity contribution in [3.05, 3.63) is 29.6 Å². The van der Waals surface area contributed by atoms with Gasteiger partial charge in [0.25, 0.3) is 0 Å². The first-order valence-corrected chi connectivity index (χ1v) is 5.71. The number of nitrogens with zero attached hydrogens (tertiary/aromatic N) is 1. The number of halogens is 1. The van der Waals surface area contributed by atoms with E-state index in [-0.39, 0.29) is 18.0 Å². The van der Waals surface area contributed by atoms with Gasteiger partial charge in [-0.3, -0.25) is 4.90 Å². The molecule has 1 aromatic rings. The lowest BCUT2D eigenvalue weighted by Crippen LogP contribution is -2.38. The Bertz CT molecular complexity index is 464. The minimum absolute atomic E-state index is 0.0100. The summed E-state index contributed by atoms with van der Waals surface area (Å²) in [6.07, 6.45) is 0.450. The molecule has 1 aromatic carbocycles. The Kier molecular flexibility index (Phi) is 2.48. The van der Waals surface area contributed by atoms with Crippen LogP contribution < -0.4 is 10.2 Å². The lowest BCUT2D eigenvalue weighted by Gasteiger charge is -2.26. The fourth-order valence-corrected chi connectivity index (χ4v) is 2.37. The molecule has 2 aliphatic heterocycles. The fraction of sp³-hybridized carbons (Fsp3) is 0.417. The van der Waals surface area contributed by atoms with E-state index in [2.05, 4.69) is 5.32 Å². The molecule has 0 saturated carbocycles. The van der Waals surface area contributed by atoms with E-state index >= 15 is 0 Å². The number of anilines is 1. The van der Waals surface area contributed by atoms with Crippen molar-refractivity contribution in [2.24, 2.45) is 0 Å². The highest BCUT2D eigenvalue weighted by molar-refractivity contribution is 5.91. The molecule has 3 rings (SSSR count). The van der Waals surface area contributed by atoms with Crippen LogP contribution in [0.2, 0.25) is 0 Å². The predicted octanol–water partition coefficient (Wildman–Crippen LogP) is 1.64. The van der Waals surface area contributed by atoms with Crippen molar-refractivity contribution < 1.29 is 13.9 Å². The zero-order chi connectivity index (χ0) is 11.8. The van der Waals surface area contributed by atoms with Crippen LogP contribution in [0.1, 0.15) is 12.0 Å². The van der Waals surface area contributed by atoms with E-state index in [9.17, 15) is 9.18 Å². The second-order valence-electron chi connectivity index (χ2n) is 4.34. The number of hydrogen-bond acceptors (Lipinski definition) is 3. The molecule has 0 aromatic heterocycles. The van der Waals surface area contributed by atoms with Crippen LogP contribution in [0.3, 0.4) is 0 Å². The molecule has 1 fully saturated rings. The third-order valence-corrected chi connectivity index (χ3v) is 3.24. The number of ether oxygens (including phenoxy) is 1. The number of nitrogens with one attached hydrogen (secondary N) is 1. The number of amides is 1. The molecule has 0 bridgehead atoms. The third kappa shape index (κ3) is 1.76. The summed E-state index contributed by atoms with van der Waals surface area (Å²) in [7, 11) is 0. The van der Waals surface area contributed by atoms with Gasteiger partial charge in [0, 0.05) is 6.54 Å². The zero-order valence-corrected chi connectivity index (χ0v) is 9.28. The average molecular weight is 236 g/mol. The van der Waals surface area contributed by atoms with Gasteiger partial charge in [-0.1, -0.05) is 6.07 Å². The Morgan fingerprint density at radius 2 is 2.35 bits per heavy atom. The van der Waals surface area contributed by atoms with Gasteiger partial charge in [-0.25, -0.2) is 9.18 Å². The van der Waals surface area contributed by atoms with Crippen LogP contribution in [0.25, 0.3) is 0 Å². The van der Waals surface area contributed by atoms with Gasteiger partial charge >= 0.3 is 6.09 Å². The predicted molar refractivity (Wildman–Crippen MR) is 60.3 cm³/mol. The highest BCUT2D eigenvalue weighted by atomic mass is 19.1. The number of benzene rings is 1. The number of carbonyl (C=O) groups is 1. The SMILES string of the molecule is O=C1OC[C@@H]2CCNCc3ccc(F)cc3N12. The largest absolute Gasteiger partial charge is 0.447 e. The molecule has 1 atom stereocenters. The van der Waals surface area contributed by atoms with Crippen molar-refractivity contribution in [1.29, 1.82) is 0 Å². The topological polar surface area (TPSA) is 41.6 Å². The van der Waals surface area contributed by atoms with Crippen LogP contribution in [-0.2, 0) is 11.3 Å². The van der Waals surface area contributed by atoms with E-state index in [1.54, 1.807) is 11.0 Å². The summed E-state index contributed by atoms with van der Waals surface area (Å²) in [5, 5.41) is 3.27. The summed E-state index contributed by atoms with van der Waals surface area (Å²) in [4.78, 5) is 13.3. The Morgan fingerprint density at radius 1 is 1.47 bits per heavy atom. The molecule has 1 saturated heterocycles. The minimum atomic E-state index is -0.372. The average Bonchev–Trinajstić information content (AvgIpc) is 2.64. The molecule has 5 heteroatoms. The highest BCUT2D eigenvalue weighted by Crippen LogP contribution is 2.30. The van der Waals surface area contributed by atoms with Gasteiger partial charge in [0.05, 0.1) is 11.7 Å². The lowest BCUT2D eigenvalue weighted by atomic mass is 10.1.